The Hall–Kier alpha value is -2.52. The first kappa shape index (κ1) is 19.2. The predicted octanol–water partition coefficient (Wildman–Crippen LogP) is 1.47. The van der Waals surface area contributed by atoms with Crippen molar-refractivity contribution in [2.24, 2.45) is 0 Å². The van der Waals surface area contributed by atoms with Gasteiger partial charge in [-0.15, -0.1) is 5.10 Å². The molecule has 1 aliphatic heterocycles. The first-order valence-electron chi connectivity index (χ1n) is 8.74. The van der Waals surface area contributed by atoms with E-state index in [9.17, 15) is 13.2 Å². The molecular weight excluding hydrogens is 368 g/mol. The molecule has 9 heteroatoms. The van der Waals surface area contributed by atoms with Crippen LogP contribution in [0, 0.1) is 6.92 Å². The molecule has 0 bridgehead atoms. The van der Waals surface area contributed by atoms with Gasteiger partial charge in [0.2, 0.25) is 10.0 Å². The first-order chi connectivity index (χ1) is 12.9. The average molecular weight is 390 g/mol. The summed E-state index contributed by atoms with van der Waals surface area (Å²) in [7, 11) is -3.61. The minimum absolute atomic E-state index is 0.166. The van der Waals surface area contributed by atoms with Crippen molar-refractivity contribution >= 4 is 21.8 Å². The molecule has 1 aromatic carbocycles. The molecule has 1 saturated heterocycles. The van der Waals surface area contributed by atoms with Gasteiger partial charge in [-0.2, -0.15) is 9.40 Å². The highest BCUT2D eigenvalue weighted by Gasteiger charge is 2.29. The minimum atomic E-state index is -3.61. The standard InChI is InChI=1S/C18H22N4O4S/c1-3-26-18(23)15-5-7-16(8-6-15)27(24,25)22-12-10-21(11-13-22)17-9-4-14(2)19-20-17/h4-9H,3,10-13H2,1-2H3. The van der Waals surface area contributed by atoms with Gasteiger partial charge in [-0.3, -0.25) is 0 Å². The number of carbonyl (C=O) groups excluding carboxylic acids is 1. The van der Waals surface area contributed by atoms with Crippen molar-refractivity contribution in [3.8, 4) is 0 Å². The maximum absolute atomic E-state index is 12.8. The van der Waals surface area contributed by atoms with Crippen molar-refractivity contribution in [1.82, 2.24) is 14.5 Å². The summed E-state index contributed by atoms with van der Waals surface area (Å²) in [6.45, 7) is 5.66. The zero-order chi connectivity index (χ0) is 19.4. The number of carbonyl (C=O) groups is 1. The average Bonchev–Trinajstić information content (AvgIpc) is 2.69. The highest BCUT2D eigenvalue weighted by atomic mass is 32.2. The zero-order valence-corrected chi connectivity index (χ0v) is 16.1. The van der Waals surface area contributed by atoms with Crippen molar-refractivity contribution in [1.29, 1.82) is 0 Å². The Morgan fingerprint density at radius 1 is 1.04 bits per heavy atom. The van der Waals surface area contributed by atoms with Gasteiger partial charge < -0.3 is 9.64 Å². The molecule has 8 nitrogen and oxygen atoms in total. The van der Waals surface area contributed by atoms with Gasteiger partial charge in [0, 0.05) is 26.2 Å². The van der Waals surface area contributed by atoms with E-state index in [1.807, 2.05) is 24.0 Å². The summed E-state index contributed by atoms with van der Waals surface area (Å²) >= 11 is 0. The molecule has 0 aliphatic carbocycles. The zero-order valence-electron chi connectivity index (χ0n) is 15.3. The van der Waals surface area contributed by atoms with Crippen LogP contribution in [0.15, 0.2) is 41.3 Å². The fourth-order valence-electron chi connectivity index (χ4n) is 2.84. The Labute approximate surface area is 158 Å². The van der Waals surface area contributed by atoms with Crippen molar-refractivity contribution in [2.45, 2.75) is 18.7 Å². The highest BCUT2D eigenvalue weighted by molar-refractivity contribution is 7.89. The molecule has 27 heavy (non-hydrogen) atoms. The van der Waals surface area contributed by atoms with E-state index < -0.39 is 16.0 Å². The predicted molar refractivity (Wildman–Crippen MR) is 100 cm³/mol. The molecule has 0 amide bonds. The number of nitrogens with zero attached hydrogens (tertiary/aromatic N) is 4. The van der Waals surface area contributed by atoms with Crippen molar-refractivity contribution in [2.75, 3.05) is 37.7 Å². The molecule has 0 saturated carbocycles. The van der Waals surface area contributed by atoms with Crippen LogP contribution >= 0.6 is 0 Å². The summed E-state index contributed by atoms with van der Waals surface area (Å²) in [5.74, 6) is 0.283. The molecule has 0 unspecified atom stereocenters. The van der Waals surface area contributed by atoms with Crippen LogP contribution in [0.5, 0.6) is 0 Å². The van der Waals surface area contributed by atoms with E-state index in [-0.39, 0.29) is 11.5 Å². The van der Waals surface area contributed by atoms with Crippen LogP contribution in [-0.2, 0) is 14.8 Å². The van der Waals surface area contributed by atoms with E-state index in [0.717, 1.165) is 11.5 Å². The van der Waals surface area contributed by atoms with E-state index in [4.69, 9.17) is 4.74 Å². The second-order valence-electron chi connectivity index (χ2n) is 6.17. The summed E-state index contributed by atoms with van der Waals surface area (Å²) in [6.07, 6.45) is 0. The van der Waals surface area contributed by atoms with Crippen LogP contribution in [0.3, 0.4) is 0 Å². The third-order valence-electron chi connectivity index (χ3n) is 4.35. The number of sulfonamides is 1. The molecule has 144 valence electrons. The summed E-state index contributed by atoms with van der Waals surface area (Å²) in [4.78, 5) is 13.9. The van der Waals surface area contributed by atoms with Crippen LogP contribution in [0.1, 0.15) is 23.0 Å². The summed E-state index contributed by atoms with van der Waals surface area (Å²) < 4.78 is 32.1. The molecular formula is C18H22N4O4S. The number of piperazine rings is 1. The van der Waals surface area contributed by atoms with E-state index >= 15 is 0 Å². The Kier molecular flexibility index (Phi) is 5.71. The number of aryl methyl sites for hydroxylation is 1. The third kappa shape index (κ3) is 4.25. The lowest BCUT2D eigenvalue weighted by Crippen LogP contribution is -2.49. The summed E-state index contributed by atoms with van der Waals surface area (Å²) in [5.41, 5.74) is 1.17. The van der Waals surface area contributed by atoms with Gasteiger partial charge in [-0.1, -0.05) is 0 Å². The number of aromatic nitrogens is 2. The quantitative estimate of drug-likeness (QED) is 0.714. The number of hydrogen-bond acceptors (Lipinski definition) is 7. The van der Waals surface area contributed by atoms with Gasteiger partial charge in [0.15, 0.2) is 5.82 Å². The van der Waals surface area contributed by atoms with E-state index in [1.54, 1.807) is 6.92 Å². The van der Waals surface area contributed by atoms with Crippen LogP contribution in [0.25, 0.3) is 0 Å². The molecule has 0 radical (unpaired) electrons. The van der Waals surface area contributed by atoms with Crippen LogP contribution in [-0.4, -0.2) is 61.7 Å². The minimum Gasteiger partial charge on any atom is -0.462 e. The van der Waals surface area contributed by atoms with E-state index in [0.29, 0.717) is 31.7 Å². The fourth-order valence-corrected chi connectivity index (χ4v) is 4.27. The van der Waals surface area contributed by atoms with Gasteiger partial charge >= 0.3 is 5.97 Å². The molecule has 1 aromatic heterocycles. The molecule has 1 aliphatic rings. The molecule has 1 fully saturated rings. The summed E-state index contributed by atoms with van der Waals surface area (Å²) in [5, 5.41) is 8.20. The maximum Gasteiger partial charge on any atom is 0.338 e. The third-order valence-corrected chi connectivity index (χ3v) is 6.26. The summed E-state index contributed by atoms with van der Waals surface area (Å²) in [6, 6.07) is 9.61. The smallest absolute Gasteiger partial charge is 0.338 e. The molecule has 2 aromatic rings. The van der Waals surface area contributed by atoms with Crippen molar-refractivity contribution in [3.05, 3.63) is 47.7 Å². The molecule has 0 atom stereocenters. The monoisotopic (exact) mass is 390 g/mol. The number of hydrogen-bond donors (Lipinski definition) is 0. The number of anilines is 1. The van der Waals surface area contributed by atoms with Crippen molar-refractivity contribution < 1.29 is 17.9 Å². The Morgan fingerprint density at radius 2 is 1.70 bits per heavy atom. The molecule has 2 heterocycles. The van der Waals surface area contributed by atoms with Crippen LogP contribution in [0.4, 0.5) is 5.82 Å². The largest absolute Gasteiger partial charge is 0.462 e. The Balaban J connectivity index is 1.67. The van der Waals surface area contributed by atoms with Gasteiger partial charge in [0.1, 0.15) is 0 Å². The number of esters is 1. The van der Waals surface area contributed by atoms with E-state index in [1.165, 1.54) is 28.6 Å². The lowest BCUT2D eigenvalue weighted by molar-refractivity contribution is 0.0526. The molecule has 3 rings (SSSR count). The Bertz CT molecular complexity index is 890. The van der Waals surface area contributed by atoms with Crippen LogP contribution < -0.4 is 4.90 Å². The topological polar surface area (TPSA) is 92.7 Å². The number of rotatable bonds is 5. The first-order valence-corrected chi connectivity index (χ1v) is 10.2. The van der Waals surface area contributed by atoms with Gasteiger partial charge in [0.05, 0.1) is 22.8 Å². The Morgan fingerprint density at radius 3 is 2.26 bits per heavy atom. The number of ether oxygens (including phenoxy) is 1. The fraction of sp³-hybridized carbons (Fsp3) is 0.389. The second-order valence-corrected chi connectivity index (χ2v) is 8.11. The highest BCUT2D eigenvalue weighted by Crippen LogP contribution is 2.20. The second kappa shape index (κ2) is 8.01. The molecule has 0 spiro atoms. The maximum atomic E-state index is 12.8. The normalized spacial score (nSPS) is 15.6. The van der Waals surface area contributed by atoms with E-state index in [2.05, 4.69) is 10.2 Å². The molecule has 0 N–H and O–H groups in total. The SMILES string of the molecule is CCOC(=O)c1ccc(S(=O)(=O)N2CCN(c3ccc(C)nn3)CC2)cc1. The lowest BCUT2D eigenvalue weighted by Gasteiger charge is -2.34. The van der Waals surface area contributed by atoms with Gasteiger partial charge in [0.25, 0.3) is 0 Å². The van der Waals surface area contributed by atoms with Gasteiger partial charge in [-0.05, 0) is 50.2 Å². The lowest BCUT2D eigenvalue weighted by atomic mass is 10.2. The van der Waals surface area contributed by atoms with Gasteiger partial charge in [-0.25, -0.2) is 13.2 Å². The van der Waals surface area contributed by atoms with Crippen molar-refractivity contribution in [3.63, 3.8) is 0 Å². The number of benzene rings is 1. The van der Waals surface area contributed by atoms with Crippen LogP contribution in [0.2, 0.25) is 0 Å².